The van der Waals surface area contributed by atoms with Crippen molar-refractivity contribution in [1.29, 1.82) is 0 Å². The van der Waals surface area contributed by atoms with Crippen LogP contribution in [0.5, 0.6) is 0 Å². The lowest BCUT2D eigenvalue weighted by molar-refractivity contribution is -0.235. The first kappa shape index (κ1) is 24.9. The van der Waals surface area contributed by atoms with Gasteiger partial charge in [0, 0.05) is 31.4 Å². The molecule has 1 aliphatic carbocycles. The van der Waals surface area contributed by atoms with Crippen LogP contribution in [0.25, 0.3) is 22.6 Å². The average molecular weight is 523 g/mol. The molecule has 4 heterocycles. The summed E-state index contributed by atoms with van der Waals surface area (Å²) in [6.45, 7) is 5.29. The van der Waals surface area contributed by atoms with Crippen LogP contribution in [0.4, 0.5) is 10.3 Å². The van der Waals surface area contributed by atoms with Crippen LogP contribution in [-0.2, 0) is 19.0 Å². The maximum absolute atomic E-state index is 13.7. The Labute approximate surface area is 219 Å². The Bertz CT molecular complexity index is 1280. The molecule has 2 aliphatic heterocycles. The molecular formula is C27H31FN6O4. The lowest BCUT2D eigenvalue weighted by atomic mass is 9.90. The first-order valence-corrected chi connectivity index (χ1v) is 13.0. The van der Waals surface area contributed by atoms with E-state index in [1.54, 1.807) is 29.3 Å². The molecule has 3 aromatic rings. The summed E-state index contributed by atoms with van der Waals surface area (Å²) >= 11 is 0. The fraction of sp³-hybridized carbons (Fsp3) is 0.481. The molecule has 11 heteroatoms. The molecule has 3 aliphatic rings. The zero-order chi connectivity index (χ0) is 26.1. The van der Waals surface area contributed by atoms with Crippen LogP contribution < -0.4 is 5.32 Å². The lowest BCUT2D eigenvalue weighted by Crippen LogP contribution is -2.53. The number of nitrogens with zero attached hydrogens (tertiary/aromatic N) is 4. The molecule has 0 bridgehead atoms. The van der Waals surface area contributed by atoms with E-state index in [4.69, 9.17) is 24.2 Å². The molecule has 0 spiro atoms. The minimum atomic E-state index is -0.794. The molecule has 2 N–H and O–H groups in total. The van der Waals surface area contributed by atoms with Crippen molar-refractivity contribution >= 4 is 11.9 Å². The molecule has 3 fully saturated rings. The predicted octanol–water partition coefficient (Wildman–Crippen LogP) is 3.41. The smallest absolute Gasteiger partial charge is 0.233 e. The van der Waals surface area contributed by atoms with E-state index in [9.17, 15) is 9.18 Å². The molecule has 200 valence electrons. The summed E-state index contributed by atoms with van der Waals surface area (Å²) in [5, 5.41) is 3.30. The number of rotatable bonds is 7. The van der Waals surface area contributed by atoms with E-state index in [2.05, 4.69) is 15.3 Å². The van der Waals surface area contributed by atoms with Crippen molar-refractivity contribution < 1.29 is 23.4 Å². The third-order valence-corrected chi connectivity index (χ3v) is 7.14. The molecule has 1 saturated carbocycles. The fourth-order valence-electron chi connectivity index (χ4n) is 4.68. The summed E-state index contributed by atoms with van der Waals surface area (Å²) < 4.78 is 31.1. The molecule has 2 aromatic heterocycles. The maximum atomic E-state index is 13.7. The van der Waals surface area contributed by atoms with Crippen LogP contribution in [0, 0.1) is 17.2 Å². The number of halogens is 1. The Morgan fingerprint density at radius 2 is 1.87 bits per heavy atom. The number of carbonyl (C=O) groups excluding carboxylic acids is 1. The predicted molar refractivity (Wildman–Crippen MR) is 136 cm³/mol. The number of aromatic amines is 1. The SMILES string of the molecule is CC1(C(=O)N2CCOCC2)COC(c2nc(-c3ccc(F)cc3)c(-c3ccnc(NCC4CC4)n3)[nH]2)OC1. The van der Waals surface area contributed by atoms with Crippen LogP contribution in [-0.4, -0.2) is 76.8 Å². The number of ether oxygens (including phenoxy) is 3. The van der Waals surface area contributed by atoms with Gasteiger partial charge in [-0.2, -0.15) is 0 Å². The second-order valence-electron chi connectivity index (χ2n) is 10.4. The molecule has 38 heavy (non-hydrogen) atoms. The number of morpholine rings is 1. The van der Waals surface area contributed by atoms with Gasteiger partial charge in [-0.05, 0) is 56.0 Å². The van der Waals surface area contributed by atoms with Gasteiger partial charge in [-0.3, -0.25) is 4.79 Å². The van der Waals surface area contributed by atoms with Gasteiger partial charge >= 0.3 is 0 Å². The third-order valence-electron chi connectivity index (χ3n) is 7.14. The first-order valence-electron chi connectivity index (χ1n) is 13.0. The Morgan fingerprint density at radius 1 is 1.13 bits per heavy atom. The van der Waals surface area contributed by atoms with Crippen molar-refractivity contribution in [3.05, 3.63) is 48.2 Å². The summed E-state index contributed by atoms with van der Waals surface area (Å²) in [7, 11) is 0. The number of aromatic nitrogens is 4. The Kier molecular flexibility index (Phi) is 6.81. The van der Waals surface area contributed by atoms with E-state index in [0.29, 0.717) is 61.1 Å². The highest BCUT2D eigenvalue weighted by Crippen LogP contribution is 2.36. The highest BCUT2D eigenvalue weighted by molar-refractivity contribution is 5.83. The van der Waals surface area contributed by atoms with E-state index < -0.39 is 11.7 Å². The van der Waals surface area contributed by atoms with Crippen molar-refractivity contribution in [3.63, 3.8) is 0 Å². The monoisotopic (exact) mass is 522 g/mol. The summed E-state index contributed by atoms with van der Waals surface area (Å²) in [4.78, 5) is 32.1. The molecular weight excluding hydrogens is 491 g/mol. The number of benzene rings is 1. The highest BCUT2D eigenvalue weighted by Gasteiger charge is 2.43. The molecule has 1 amide bonds. The third kappa shape index (κ3) is 5.27. The van der Waals surface area contributed by atoms with Gasteiger partial charge in [0.2, 0.25) is 18.1 Å². The number of anilines is 1. The standard InChI is InChI=1S/C27H31FN6O4/c1-27(25(35)34-10-12-36-13-11-34)15-37-24(38-16-27)23-32-21(18-4-6-19(28)7-5-18)22(33-23)20-8-9-29-26(31-20)30-14-17-2-3-17/h4-9,17,24H,2-3,10-16H2,1H3,(H,32,33)(H,29,30,31). The maximum Gasteiger partial charge on any atom is 0.233 e. The molecule has 0 unspecified atom stereocenters. The number of imidazole rings is 1. The fourth-order valence-corrected chi connectivity index (χ4v) is 4.68. The van der Waals surface area contributed by atoms with E-state index in [1.165, 1.54) is 25.0 Å². The second-order valence-corrected chi connectivity index (χ2v) is 10.4. The van der Waals surface area contributed by atoms with Crippen molar-refractivity contribution in [2.45, 2.75) is 26.1 Å². The van der Waals surface area contributed by atoms with Gasteiger partial charge in [-0.1, -0.05) is 0 Å². The van der Waals surface area contributed by atoms with Crippen molar-refractivity contribution in [1.82, 2.24) is 24.8 Å². The van der Waals surface area contributed by atoms with Gasteiger partial charge in [0.1, 0.15) is 5.82 Å². The Morgan fingerprint density at radius 3 is 2.58 bits per heavy atom. The van der Waals surface area contributed by atoms with Crippen LogP contribution >= 0.6 is 0 Å². The Balaban J connectivity index is 1.25. The molecule has 0 atom stereocenters. The normalized spacial score (nSPS) is 23.8. The minimum absolute atomic E-state index is 0.00130. The van der Waals surface area contributed by atoms with E-state index in [-0.39, 0.29) is 24.9 Å². The van der Waals surface area contributed by atoms with Crippen LogP contribution in [0.15, 0.2) is 36.5 Å². The molecule has 10 nitrogen and oxygen atoms in total. The van der Waals surface area contributed by atoms with E-state index >= 15 is 0 Å². The number of hydrogen-bond acceptors (Lipinski definition) is 8. The van der Waals surface area contributed by atoms with Gasteiger partial charge in [0.15, 0.2) is 5.82 Å². The largest absolute Gasteiger partial charge is 0.378 e. The number of H-pyrrole nitrogens is 1. The van der Waals surface area contributed by atoms with Gasteiger partial charge < -0.3 is 29.4 Å². The van der Waals surface area contributed by atoms with Crippen molar-refractivity contribution in [2.24, 2.45) is 11.3 Å². The Hall–Kier alpha value is -3.41. The van der Waals surface area contributed by atoms with Gasteiger partial charge in [-0.15, -0.1) is 0 Å². The topological polar surface area (TPSA) is 114 Å². The van der Waals surface area contributed by atoms with E-state index in [1.807, 2.05) is 6.92 Å². The highest BCUT2D eigenvalue weighted by atomic mass is 19.1. The van der Waals surface area contributed by atoms with Crippen molar-refractivity contribution in [2.75, 3.05) is 51.4 Å². The van der Waals surface area contributed by atoms with Gasteiger partial charge in [-0.25, -0.2) is 19.3 Å². The minimum Gasteiger partial charge on any atom is -0.378 e. The number of nitrogens with one attached hydrogen (secondary N) is 2. The van der Waals surface area contributed by atoms with Crippen LogP contribution in [0.1, 0.15) is 31.9 Å². The summed E-state index contributed by atoms with van der Waals surface area (Å²) in [5.74, 6) is 1.34. The van der Waals surface area contributed by atoms with Crippen LogP contribution in [0.2, 0.25) is 0 Å². The molecule has 0 radical (unpaired) electrons. The second kappa shape index (κ2) is 10.4. The molecule has 6 rings (SSSR count). The summed E-state index contributed by atoms with van der Waals surface area (Å²) in [6.07, 6.45) is 3.36. The average Bonchev–Trinajstić information content (AvgIpc) is 3.69. The van der Waals surface area contributed by atoms with Gasteiger partial charge in [0.25, 0.3) is 0 Å². The van der Waals surface area contributed by atoms with E-state index in [0.717, 1.165) is 12.1 Å². The number of hydrogen-bond donors (Lipinski definition) is 2. The summed E-state index contributed by atoms with van der Waals surface area (Å²) in [5.41, 5.74) is 1.81. The van der Waals surface area contributed by atoms with Gasteiger partial charge in [0.05, 0.1) is 48.9 Å². The number of amides is 1. The zero-order valence-corrected chi connectivity index (χ0v) is 21.3. The zero-order valence-electron chi connectivity index (χ0n) is 21.3. The van der Waals surface area contributed by atoms with Crippen molar-refractivity contribution in [3.8, 4) is 22.6 Å². The lowest BCUT2D eigenvalue weighted by Gasteiger charge is -2.39. The summed E-state index contributed by atoms with van der Waals surface area (Å²) in [6, 6.07) is 7.94. The number of carbonyl (C=O) groups is 1. The van der Waals surface area contributed by atoms with Crippen LogP contribution in [0.3, 0.4) is 0 Å². The first-order chi connectivity index (χ1) is 18.5. The molecule has 2 saturated heterocycles. The molecule has 1 aromatic carbocycles. The quantitative estimate of drug-likeness (QED) is 0.485.